The highest BCUT2D eigenvalue weighted by Gasteiger charge is 2.29. The lowest BCUT2D eigenvalue weighted by Crippen LogP contribution is -2.22. The highest BCUT2D eigenvalue weighted by molar-refractivity contribution is 5.88. The van der Waals surface area contributed by atoms with Gasteiger partial charge in [-0.05, 0) is 30.7 Å². The summed E-state index contributed by atoms with van der Waals surface area (Å²) in [6, 6.07) is 10.3. The highest BCUT2D eigenvalue weighted by atomic mass is 16.7. The van der Waals surface area contributed by atoms with Crippen LogP contribution in [0.2, 0.25) is 0 Å². The van der Waals surface area contributed by atoms with E-state index >= 15 is 0 Å². The summed E-state index contributed by atoms with van der Waals surface area (Å²) in [5, 5.41) is 9.13. The van der Waals surface area contributed by atoms with E-state index in [2.05, 4.69) is 23.2 Å². The summed E-state index contributed by atoms with van der Waals surface area (Å²) in [5.74, 6) is 3.33. The number of rotatable bonds is 5. The van der Waals surface area contributed by atoms with Crippen LogP contribution in [0.3, 0.4) is 0 Å². The quantitative estimate of drug-likeness (QED) is 0.717. The fraction of sp³-hybridized carbons (Fsp3) is 0.421. The fourth-order valence-electron chi connectivity index (χ4n) is 3.38. The highest BCUT2D eigenvalue weighted by Crippen LogP contribution is 2.38. The Morgan fingerprint density at radius 1 is 1.16 bits per heavy atom. The van der Waals surface area contributed by atoms with E-state index in [1.807, 2.05) is 28.1 Å². The lowest BCUT2D eigenvalue weighted by atomic mass is 10.1. The van der Waals surface area contributed by atoms with E-state index in [0.29, 0.717) is 5.92 Å². The van der Waals surface area contributed by atoms with Crippen LogP contribution in [0.25, 0.3) is 16.6 Å². The van der Waals surface area contributed by atoms with Crippen LogP contribution in [0, 0.1) is 0 Å². The Balaban J connectivity index is 1.54. The molecule has 1 aliphatic heterocycles. The lowest BCUT2D eigenvalue weighted by molar-refractivity contribution is -0.109. The van der Waals surface area contributed by atoms with Gasteiger partial charge in [-0.3, -0.25) is 4.84 Å². The van der Waals surface area contributed by atoms with Crippen molar-refractivity contribution in [3.05, 3.63) is 48.2 Å². The van der Waals surface area contributed by atoms with Crippen molar-refractivity contribution >= 4 is 10.8 Å². The van der Waals surface area contributed by atoms with Gasteiger partial charge in [-0.1, -0.05) is 24.3 Å². The molecule has 0 radical (unpaired) electrons. The molecule has 0 N–H and O–H groups in total. The van der Waals surface area contributed by atoms with Crippen LogP contribution in [-0.2, 0) is 11.3 Å². The third-order valence-corrected chi connectivity index (χ3v) is 4.90. The first kappa shape index (κ1) is 15.0. The third kappa shape index (κ3) is 2.92. The van der Waals surface area contributed by atoms with Gasteiger partial charge in [-0.25, -0.2) is 9.97 Å². The van der Waals surface area contributed by atoms with Crippen LogP contribution in [0.5, 0.6) is 0 Å². The molecule has 2 fully saturated rings. The maximum absolute atomic E-state index is 5.62. The summed E-state index contributed by atoms with van der Waals surface area (Å²) < 4.78 is 1.95. The molecule has 0 spiro atoms. The van der Waals surface area contributed by atoms with Crippen molar-refractivity contribution in [1.82, 2.24) is 24.8 Å². The van der Waals surface area contributed by atoms with Crippen LogP contribution >= 0.6 is 0 Å². The fourth-order valence-corrected chi connectivity index (χ4v) is 3.38. The summed E-state index contributed by atoms with van der Waals surface area (Å²) in [6.07, 6.45) is 6.16. The summed E-state index contributed by atoms with van der Waals surface area (Å²) in [5.41, 5.74) is 0. The van der Waals surface area contributed by atoms with Gasteiger partial charge in [-0.2, -0.15) is 9.75 Å². The first-order valence-electron chi connectivity index (χ1n) is 9.06. The van der Waals surface area contributed by atoms with Crippen LogP contribution in [0.4, 0.5) is 0 Å². The number of pyridine rings is 1. The summed E-state index contributed by atoms with van der Waals surface area (Å²) in [7, 11) is 0. The molecule has 5 rings (SSSR count). The molecular formula is C19H21N5O. The van der Waals surface area contributed by atoms with E-state index in [0.717, 1.165) is 55.4 Å². The average Bonchev–Trinajstić information content (AvgIpc) is 3.21. The summed E-state index contributed by atoms with van der Waals surface area (Å²) in [6.45, 7) is 2.66. The van der Waals surface area contributed by atoms with E-state index in [4.69, 9.17) is 14.9 Å². The molecule has 2 aromatic heterocycles. The molecule has 6 heteroatoms. The third-order valence-electron chi connectivity index (χ3n) is 4.90. The Morgan fingerprint density at radius 2 is 2.08 bits per heavy atom. The van der Waals surface area contributed by atoms with Crippen molar-refractivity contribution in [2.24, 2.45) is 0 Å². The van der Waals surface area contributed by atoms with Gasteiger partial charge in [0.25, 0.3) is 0 Å². The molecule has 2 aliphatic rings. The van der Waals surface area contributed by atoms with E-state index < -0.39 is 0 Å². The summed E-state index contributed by atoms with van der Waals surface area (Å²) >= 11 is 0. The van der Waals surface area contributed by atoms with E-state index in [1.54, 1.807) is 0 Å². The molecule has 0 atom stereocenters. The van der Waals surface area contributed by atoms with Crippen LogP contribution in [0.15, 0.2) is 36.5 Å². The predicted molar refractivity (Wildman–Crippen MR) is 94.5 cm³/mol. The maximum atomic E-state index is 5.62. The molecule has 3 heterocycles. The number of aromatic nitrogens is 4. The molecule has 0 bridgehead atoms. The monoisotopic (exact) mass is 335 g/mol. The van der Waals surface area contributed by atoms with Gasteiger partial charge < -0.3 is 0 Å². The zero-order valence-corrected chi connectivity index (χ0v) is 14.1. The number of hydrogen-bond acceptors (Lipinski definition) is 5. The number of benzene rings is 1. The zero-order valence-electron chi connectivity index (χ0n) is 14.1. The second-order valence-corrected chi connectivity index (χ2v) is 6.79. The SMILES string of the molecule is c1ccc2c(-n3nc(C4CC4)nc3CCN3CCCO3)nccc2c1. The van der Waals surface area contributed by atoms with Gasteiger partial charge in [0.05, 0.1) is 6.61 Å². The molecule has 3 aromatic rings. The lowest BCUT2D eigenvalue weighted by Gasteiger charge is -2.13. The van der Waals surface area contributed by atoms with Crippen molar-refractivity contribution < 1.29 is 4.84 Å². The first-order valence-corrected chi connectivity index (χ1v) is 9.06. The van der Waals surface area contributed by atoms with Crippen molar-refractivity contribution in [2.75, 3.05) is 19.7 Å². The van der Waals surface area contributed by atoms with Gasteiger partial charge in [0, 0.05) is 37.0 Å². The van der Waals surface area contributed by atoms with Crippen molar-refractivity contribution in [3.63, 3.8) is 0 Å². The molecule has 0 unspecified atom stereocenters. The van der Waals surface area contributed by atoms with E-state index in [1.165, 1.54) is 18.2 Å². The van der Waals surface area contributed by atoms with Gasteiger partial charge in [0.1, 0.15) is 5.82 Å². The number of fused-ring (bicyclic) bond motifs is 1. The minimum absolute atomic E-state index is 0.526. The Morgan fingerprint density at radius 3 is 2.92 bits per heavy atom. The van der Waals surface area contributed by atoms with E-state index in [-0.39, 0.29) is 0 Å². The largest absolute Gasteiger partial charge is 0.299 e. The smallest absolute Gasteiger partial charge is 0.163 e. The maximum Gasteiger partial charge on any atom is 0.163 e. The van der Waals surface area contributed by atoms with E-state index in [9.17, 15) is 0 Å². The molecular weight excluding hydrogens is 314 g/mol. The molecule has 25 heavy (non-hydrogen) atoms. The molecule has 128 valence electrons. The van der Waals surface area contributed by atoms with Crippen LogP contribution < -0.4 is 0 Å². The Hall–Kier alpha value is -2.31. The molecule has 1 saturated carbocycles. The van der Waals surface area contributed by atoms with Gasteiger partial charge in [0.15, 0.2) is 11.6 Å². The summed E-state index contributed by atoms with van der Waals surface area (Å²) in [4.78, 5) is 15.1. The average molecular weight is 335 g/mol. The minimum Gasteiger partial charge on any atom is -0.299 e. The Bertz CT molecular complexity index is 890. The second-order valence-electron chi connectivity index (χ2n) is 6.79. The molecule has 1 aliphatic carbocycles. The first-order chi connectivity index (χ1) is 12.4. The number of hydrogen-bond donors (Lipinski definition) is 0. The molecule has 1 saturated heterocycles. The normalized spacial score (nSPS) is 18.2. The second kappa shape index (κ2) is 6.20. The molecule has 1 aromatic carbocycles. The van der Waals surface area contributed by atoms with Crippen molar-refractivity contribution in [1.29, 1.82) is 0 Å². The van der Waals surface area contributed by atoms with Crippen LogP contribution in [-0.4, -0.2) is 44.5 Å². The Labute approximate surface area is 146 Å². The Kier molecular flexibility index (Phi) is 3.72. The van der Waals surface area contributed by atoms with Gasteiger partial charge in [0.2, 0.25) is 0 Å². The number of hydroxylamine groups is 2. The number of nitrogens with zero attached hydrogens (tertiary/aromatic N) is 5. The van der Waals surface area contributed by atoms with Crippen molar-refractivity contribution in [3.8, 4) is 5.82 Å². The minimum atomic E-state index is 0.526. The van der Waals surface area contributed by atoms with Crippen molar-refractivity contribution in [2.45, 2.75) is 31.6 Å². The standard InChI is InChI=1S/C19H21N5O/c1-2-5-16-14(4-1)8-10-20-19(16)24-17(9-12-23-11-3-13-25-23)21-18(22-24)15-6-7-15/h1-2,4-5,8,10,15H,3,6-7,9,11-13H2. The van der Waals surface area contributed by atoms with Gasteiger partial charge in [-0.15, -0.1) is 5.10 Å². The molecule has 6 nitrogen and oxygen atoms in total. The predicted octanol–water partition coefficient (Wildman–Crippen LogP) is 2.87. The topological polar surface area (TPSA) is 56.1 Å². The van der Waals surface area contributed by atoms with Gasteiger partial charge >= 0.3 is 0 Å². The van der Waals surface area contributed by atoms with Crippen LogP contribution in [0.1, 0.15) is 36.8 Å². The molecule has 0 amide bonds. The zero-order chi connectivity index (χ0) is 16.6.